The molecule has 0 spiro atoms. The van der Waals surface area contributed by atoms with Crippen molar-refractivity contribution < 1.29 is 16.8 Å². The SMILES string of the molecule is C[C@@]1(N(CCN)S(=O)(=O)c2ccc(C3CCCCC3)cc2)CCS(=O)(=O)C1. The molecule has 1 atom stereocenters. The highest BCUT2D eigenvalue weighted by molar-refractivity contribution is 7.92. The molecule has 8 heteroatoms. The second-order valence-corrected chi connectivity index (χ2v) is 12.2. The molecule has 0 aromatic heterocycles. The molecule has 6 nitrogen and oxygen atoms in total. The lowest BCUT2D eigenvalue weighted by atomic mass is 9.84. The highest BCUT2D eigenvalue weighted by Crippen LogP contribution is 2.36. The first-order valence-corrected chi connectivity index (χ1v) is 13.0. The second-order valence-electron chi connectivity index (χ2n) is 8.11. The number of sulfone groups is 1. The van der Waals surface area contributed by atoms with E-state index >= 15 is 0 Å². The molecule has 2 N–H and O–H groups in total. The highest BCUT2D eigenvalue weighted by atomic mass is 32.2. The average Bonchev–Trinajstić information content (AvgIpc) is 2.94. The fourth-order valence-electron chi connectivity index (χ4n) is 4.46. The van der Waals surface area contributed by atoms with Gasteiger partial charge in [-0.1, -0.05) is 31.4 Å². The van der Waals surface area contributed by atoms with Crippen molar-refractivity contribution in [1.82, 2.24) is 4.31 Å². The Morgan fingerprint density at radius 3 is 2.30 bits per heavy atom. The molecule has 0 radical (unpaired) electrons. The van der Waals surface area contributed by atoms with E-state index in [4.69, 9.17) is 5.73 Å². The molecule has 0 bridgehead atoms. The molecule has 152 valence electrons. The number of benzene rings is 1. The summed E-state index contributed by atoms with van der Waals surface area (Å²) < 4.78 is 51.9. The molecule has 0 amide bonds. The summed E-state index contributed by atoms with van der Waals surface area (Å²) in [5, 5.41) is 0. The highest BCUT2D eigenvalue weighted by Gasteiger charge is 2.47. The van der Waals surface area contributed by atoms with Crippen LogP contribution in [-0.2, 0) is 19.9 Å². The maximum absolute atomic E-state index is 13.3. The van der Waals surface area contributed by atoms with E-state index in [1.54, 1.807) is 19.1 Å². The molecule has 27 heavy (non-hydrogen) atoms. The van der Waals surface area contributed by atoms with Crippen LogP contribution in [0.4, 0.5) is 0 Å². The van der Waals surface area contributed by atoms with Crippen molar-refractivity contribution in [3.63, 3.8) is 0 Å². The van der Waals surface area contributed by atoms with Crippen LogP contribution in [0, 0.1) is 0 Å². The predicted octanol–water partition coefficient (Wildman–Crippen LogP) is 2.26. The van der Waals surface area contributed by atoms with Gasteiger partial charge in [0.25, 0.3) is 0 Å². The van der Waals surface area contributed by atoms with Gasteiger partial charge in [0.15, 0.2) is 9.84 Å². The lowest BCUT2D eigenvalue weighted by Gasteiger charge is -2.36. The van der Waals surface area contributed by atoms with Gasteiger partial charge < -0.3 is 5.73 Å². The summed E-state index contributed by atoms with van der Waals surface area (Å²) in [6.07, 6.45) is 6.33. The minimum absolute atomic E-state index is 0.0146. The summed E-state index contributed by atoms with van der Waals surface area (Å²) in [6, 6.07) is 7.15. The smallest absolute Gasteiger partial charge is 0.243 e. The number of nitrogens with two attached hydrogens (primary N) is 1. The maximum atomic E-state index is 13.3. The molecular formula is C19H30N2O4S2. The molecule has 1 saturated carbocycles. The van der Waals surface area contributed by atoms with Crippen molar-refractivity contribution >= 4 is 19.9 Å². The molecule has 1 saturated heterocycles. The number of hydrogen-bond donors (Lipinski definition) is 1. The van der Waals surface area contributed by atoms with E-state index in [0.717, 1.165) is 12.8 Å². The Labute approximate surface area is 163 Å². The van der Waals surface area contributed by atoms with Crippen molar-refractivity contribution in [1.29, 1.82) is 0 Å². The Kier molecular flexibility index (Phi) is 6.01. The summed E-state index contributed by atoms with van der Waals surface area (Å²) in [4.78, 5) is 0.209. The van der Waals surface area contributed by atoms with Crippen LogP contribution in [0.3, 0.4) is 0 Å². The third kappa shape index (κ3) is 4.39. The van der Waals surface area contributed by atoms with Crippen molar-refractivity contribution in [3.05, 3.63) is 29.8 Å². The summed E-state index contributed by atoms with van der Waals surface area (Å²) in [5.74, 6) is 0.369. The summed E-state index contributed by atoms with van der Waals surface area (Å²) >= 11 is 0. The van der Waals surface area contributed by atoms with Crippen molar-refractivity contribution in [2.45, 2.75) is 61.8 Å². The first-order valence-electron chi connectivity index (χ1n) is 9.71. The van der Waals surface area contributed by atoms with Gasteiger partial charge in [0.05, 0.1) is 16.4 Å². The number of nitrogens with zero attached hydrogens (tertiary/aromatic N) is 1. The molecule has 2 fully saturated rings. The van der Waals surface area contributed by atoms with Crippen LogP contribution in [0.25, 0.3) is 0 Å². The van der Waals surface area contributed by atoms with E-state index in [9.17, 15) is 16.8 Å². The van der Waals surface area contributed by atoms with E-state index in [2.05, 4.69) is 0 Å². The van der Waals surface area contributed by atoms with Crippen LogP contribution in [0.5, 0.6) is 0 Å². The van der Waals surface area contributed by atoms with Gasteiger partial charge in [-0.2, -0.15) is 4.31 Å². The van der Waals surface area contributed by atoms with Crippen molar-refractivity contribution in [2.24, 2.45) is 5.73 Å². The summed E-state index contributed by atoms with van der Waals surface area (Å²) in [5.41, 5.74) is 5.91. The van der Waals surface area contributed by atoms with Gasteiger partial charge >= 0.3 is 0 Å². The van der Waals surface area contributed by atoms with E-state index in [-0.39, 0.29) is 29.5 Å². The third-order valence-electron chi connectivity index (χ3n) is 5.96. The lowest BCUT2D eigenvalue weighted by molar-refractivity contribution is 0.238. The molecule has 3 rings (SSSR count). The minimum Gasteiger partial charge on any atom is -0.329 e. The van der Waals surface area contributed by atoms with Gasteiger partial charge in [-0.25, -0.2) is 16.8 Å². The van der Waals surface area contributed by atoms with E-state index in [1.807, 2.05) is 12.1 Å². The molecule has 1 aliphatic carbocycles. The molecule has 1 aromatic carbocycles. The van der Waals surface area contributed by atoms with Gasteiger partial charge in [0.1, 0.15) is 0 Å². The van der Waals surface area contributed by atoms with Crippen LogP contribution >= 0.6 is 0 Å². The topological polar surface area (TPSA) is 97.5 Å². The quantitative estimate of drug-likeness (QED) is 0.770. The number of hydrogen-bond acceptors (Lipinski definition) is 5. The molecular weight excluding hydrogens is 384 g/mol. The van der Waals surface area contributed by atoms with Gasteiger partial charge in [-0.05, 0) is 49.8 Å². The maximum Gasteiger partial charge on any atom is 0.243 e. The molecule has 1 aromatic rings. The van der Waals surface area contributed by atoms with E-state index < -0.39 is 25.4 Å². The zero-order chi connectivity index (χ0) is 19.7. The number of rotatable bonds is 6. The zero-order valence-electron chi connectivity index (χ0n) is 15.9. The first kappa shape index (κ1) is 20.8. The van der Waals surface area contributed by atoms with Crippen LogP contribution in [0.1, 0.15) is 56.9 Å². The van der Waals surface area contributed by atoms with E-state index in [1.165, 1.54) is 29.1 Å². The largest absolute Gasteiger partial charge is 0.329 e. The standard InChI is InChI=1S/C19H30N2O4S2/c1-19(11-14-26(22,23)15-19)21(13-12-20)27(24,25)18-9-7-17(8-10-18)16-5-3-2-4-6-16/h7-10,16H,2-6,11-15,20H2,1H3/t19-/m1/s1. The first-order chi connectivity index (χ1) is 12.7. The van der Waals surface area contributed by atoms with Crippen molar-refractivity contribution in [2.75, 3.05) is 24.6 Å². The molecule has 0 unspecified atom stereocenters. The Morgan fingerprint density at radius 1 is 1.15 bits per heavy atom. The summed E-state index contributed by atoms with van der Waals surface area (Å²) in [6.45, 7) is 1.97. The minimum atomic E-state index is -3.81. The Hall–Kier alpha value is -0.960. The number of sulfonamides is 1. The predicted molar refractivity (Wildman–Crippen MR) is 107 cm³/mol. The normalized spacial score (nSPS) is 26.5. The molecule has 2 aliphatic rings. The fourth-order valence-corrected chi connectivity index (χ4v) is 8.50. The lowest BCUT2D eigenvalue weighted by Crippen LogP contribution is -2.52. The molecule has 1 aliphatic heterocycles. The van der Waals surface area contributed by atoms with Gasteiger partial charge in [-0.15, -0.1) is 0 Å². The van der Waals surface area contributed by atoms with Gasteiger partial charge in [0.2, 0.25) is 10.0 Å². The van der Waals surface area contributed by atoms with Gasteiger partial charge in [0, 0.05) is 18.6 Å². The monoisotopic (exact) mass is 414 g/mol. The zero-order valence-corrected chi connectivity index (χ0v) is 17.6. The molecule has 1 heterocycles. The Bertz CT molecular complexity index is 859. The fraction of sp³-hybridized carbons (Fsp3) is 0.684. The summed E-state index contributed by atoms with van der Waals surface area (Å²) in [7, 11) is -7.04. The average molecular weight is 415 g/mol. The van der Waals surface area contributed by atoms with Crippen LogP contribution in [0.2, 0.25) is 0 Å². The van der Waals surface area contributed by atoms with Crippen LogP contribution in [-0.4, -0.2) is 51.3 Å². The van der Waals surface area contributed by atoms with Crippen LogP contribution in [0.15, 0.2) is 29.2 Å². The third-order valence-corrected chi connectivity index (χ3v) is 9.92. The Morgan fingerprint density at radius 2 is 1.78 bits per heavy atom. The van der Waals surface area contributed by atoms with Gasteiger partial charge in [-0.3, -0.25) is 0 Å². The van der Waals surface area contributed by atoms with E-state index in [0.29, 0.717) is 12.3 Å². The van der Waals surface area contributed by atoms with Crippen LogP contribution < -0.4 is 5.73 Å². The Balaban J connectivity index is 1.88. The van der Waals surface area contributed by atoms with Crippen molar-refractivity contribution in [3.8, 4) is 0 Å². The second kappa shape index (κ2) is 7.81.